The van der Waals surface area contributed by atoms with E-state index in [0.717, 1.165) is 23.5 Å². The third-order valence-corrected chi connectivity index (χ3v) is 3.93. The van der Waals surface area contributed by atoms with Gasteiger partial charge in [-0.2, -0.15) is 0 Å². The van der Waals surface area contributed by atoms with E-state index in [1.54, 1.807) is 0 Å². The number of carboxylic acids is 1. The fourth-order valence-corrected chi connectivity index (χ4v) is 2.85. The Balaban J connectivity index is 2.04. The van der Waals surface area contributed by atoms with Crippen molar-refractivity contribution in [3.63, 3.8) is 0 Å². The molecule has 2 heterocycles. The highest BCUT2D eigenvalue weighted by Crippen LogP contribution is 2.19. The first-order valence-electron chi connectivity index (χ1n) is 6.01. The number of amides is 1. The Bertz CT molecular complexity index is 458. The number of carbonyl (C=O) groups excluding carboxylic acids is 1. The SMILES string of the molecule is Cc1nc(CC(=O)N2CCCC[C@@H]2C(=O)O)cs1. The van der Waals surface area contributed by atoms with Crippen molar-refractivity contribution in [1.29, 1.82) is 0 Å². The number of rotatable bonds is 3. The first-order chi connectivity index (χ1) is 8.58. The van der Waals surface area contributed by atoms with Gasteiger partial charge in [0, 0.05) is 11.9 Å². The number of aromatic nitrogens is 1. The molecule has 1 aromatic heterocycles. The van der Waals surface area contributed by atoms with E-state index in [1.165, 1.54) is 16.2 Å². The number of piperidine rings is 1. The highest BCUT2D eigenvalue weighted by Gasteiger charge is 2.31. The van der Waals surface area contributed by atoms with E-state index >= 15 is 0 Å². The van der Waals surface area contributed by atoms with Gasteiger partial charge in [0.15, 0.2) is 0 Å². The van der Waals surface area contributed by atoms with Gasteiger partial charge in [0.2, 0.25) is 5.91 Å². The van der Waals surface area contributed by atoms with Crippen LogP contribution in [0.1, 0.15) is 30.0 Å². The fraction of sp³-hybridized carbons (Fsp3) is 0.583. The molecule has 1 fully saturated rings. The molecule has 1 atom stereocenters. The molecule has 18 heavy (non-hydrogen) atoms. The molecule has 2 rings (SSSR count). The van der Waals surface area contributed by atoms with E-state index in [4.69, 9.17) is 5.11 Å². The van der Waals surface area contributed by atoms with Crippen molar-refractivity contribution >= 4 is 23.2 Å². The molecule has 1 aliphatic rings. The number of thiazole rings is 1. The summed E-state index contributed by atoms with van der Waals surface area (Å²) >= 11 is 1.50. The minimum Gasteiger partial charge on any atom is -0.480 e. The van der Waals surface area contributed by atoms with Crippen molar-refractivity contribution < 1.29 is 14.7 Å². The molecule has 0 unspecified atom stereocenters. The largest absolute Gasteiger partial charge is 0.480 e. The first kappa shape index (κ1) is 13.0. The lowest BCUT2D eigenvalue weighted by Crippen LogP contribution is -2.48. The van der Waals surface area contributed by atoms with E-state index < -0.39 is 12.0 Å². The lowest BCUT2D eigenvalue weighted by Gasteiger charge is -2.32. The summed E-state index contributed by atoms with van der Waals surface area (Å²) in [5, 5.41) is 11.9. The summed E-state index contributed by atoms with van der Waals surface area (Å²) in [6, 6.07) is -0.661. The van der Waals surface area contributed by atoms with E-state index in [2.05, 4.69) is 4.98 Å². The predicted octanol–water partition coefficient (Wildman–Crippen LogP) is 1.46. The number of carbonyl (C=O) groups is 2. The Morgan fingerprint density at radius 3 is 2.94 bits per heavy atom. The number of hydrogen-bond acceptors (Lipinski definition) is 4. The molecule has 0 radical (unpaired) electrons. The zero-order chi connectivity index (χ0) is 13.1. The number of hydrogen-bond donors (Lipinski definition) is 1. The first-order valence-corrected chi connectivity index (χ1v) is 6.89. The summed E-state index contributed by atoms with van der Waals surface area (Å²) in [4.78, 5) is 29.0. The second kappa shape index (κ2) is 5.48. The van der Waals surface area contributed by atoms with Gasteiger partial charge in [-0.15, -0.1) is 11.3 Å². The minimum atomic E-state index is -0.905. The van der Waals surface area contributed by atoms with Gasteiger partial charge < -0.3 is 10.0 Å². The molecule has 1 aromatic rings. The van der Waals surface area contributed by atoms with Crippen LogP contribution in [0.4, 0.5) is 0 Å². The molecule has 0 saturated carbocycles. The van der Waals surface area contributed by atoms with E-state index in [0.29, 0.717) is 13.0 Å². The van der Waals surface area contributed by atoms with Crippen molar-refractivity contribution in [3.05, 3.63) is 16.1 Å². The maximum absolute atomic E-state index is 12.1. The highest BCUT2D eigenvalue weighted by atomic mass is 32.1. The van der Waals surface area contributed by atoms with E-state index in [-0.39, 0.29) is 12.3 Å². The van der Waals surface area contributed by atoms with Gasteiger partial charge in [-0.05, 0) is 26.2 Å². The molecule has 1 aliphatic heterocycles. The van der Waals surface area contributed by atoms with Crippen molar-refractivity contribution in [2.75, 3.05) is 6.54 Å². The van der Waals surface area contributed by atoms with Crippen molar-refractivity contribution in [2.45, 2.75) is 38.6 Å². The summed E-state index contributed by atoms with van der Waals surface area (Å²) in [6.45, 7) is 2.43. The fourth-order valence-electron chi connectivity index (χ4n) is 2.23. The average Bonchev–Trinajstić information content (AvgIpc) is 2.74. The molecule has 6 heteroatoms. The van der Waals surface area contributed by atoms with Gasteiger partial charge in [0.1, 0.15) is 6.04 Å². The topological polar surface area (TPSA) is 70.5 Å². The number of likely N-dealkylation sites (tertiary alicyclic amines) is 1. The van der Waals surface area contributed by atoms with Gasteiger partial charge in [-0.25, -0.2) is 9.78 Å². The molecule has 0 bridgehead atoms. The van der Waals surface area contributed by atoms with E-state index in [1.807, 2.05) is 12.3 Å². The zero-order valence-electron chi connectivity index (χ0n) is 10.3. The van der Waals surface area contributed by atoms with Crippen molar-refractivity contribution in [2.24, 2.45) is 0 Å². The summed E-state index contributed by atoms with van der Waals surface area (Å²) in [6.07, 6.45) is 2.51. The van der Waals surface area contributed by atoms with E-state index in [9.17, 15) is 9.59 Å². The Kier molecular flexibility index (Phi) is 3.96. The number of aryl methyl sites for hydroxylation is 1. The van der Waals surface area contributed by atoms with Crippen LogP contribution in [-0.2, 0) is 16.0 Å². The second-order valence-electron chi connectivity index (χ2n) is 4.47. The van der Waals surface area contributed by atoms with Crippen LogP contribution in [0, 0.1) is 6.92 Å². The highest BCUT2D eigenvalue weighted by molar-refractivity contribution is 7.09. The molecule has 0 aromatic carbocycles. The molecule has 0 aliphatic carbocycles. The summed E-state index contributed by atoms with van der Waals surface area (Å²) in [7, 11) is 0. The Hall–Kier alpha value is -1.43. The molecule has 1 N–H and O–H groups in total. The molecular weight excluding hydrogens is 252 g/mol. The average molecular weight is 268 g/mol. The third-order valence-electron chi connectivity index (χ3n) is 3.11. The molecular formula is C12H16N2O3S. The molecule has 5 nitrogen and oxygen atoms in total. The summed E-state index contributed by atoms with van der Waals surface area (Å²) in [5.74, 6) is -1.04. The van der Waals surface area contributed by atoms with Crippen LogP contribution < -0.4 is 0 Å². The van der Waals surface area contributed by atoms with Crippen molar-refractivity contribution in [3.8, 4) is 0 Å². The van der Waals surface area contributed by atoms with Crippen LogP contribution >= 0.6 is 11.3 Å². The Morgan fingerprint density at radius 2 is 2.33 bits per heavy atom. The van der Waals surface area contributed by atoms with Gasteiger partial charge >= 0.3 is 5.97 Å². The lowest BCUT2D eigenvalue weighted by atomic mass is 10.0. The Labute approximate surface area is 109 Å². The van der Waals surface area contributed by atoms with Crippen LogP contribution in [0.3, 0.4) is 0 Å². The maximum Gasteiger partial charge on any atom is 0.326 e. The monoisotopic (exact) mass is 268 g/mol. The smallest absolute Gasteiger partial charge is 0.326 e. The molecule has 0 spiro atoms. The van der Waals surface area contributed by atoms with Crippen molar-refractivity contribution in [1.82, 2.24) is 9.88 Å². The summed E-state index contributed by atoms with van der Waals surface area (Å²) < 4.78 is 0. The van der Waals surface area contributed by atoms with Crippen LogP contribution in [0.15, 0.2) is 5.38 Å². The number of carboxylic acid groups (broad SMARTS) is 1. The minimum absolute atomic E-state index is 0.132. The Morgan fingerprint density at radius 1 is 1.56 bits per heavy atom. The summed E-state index contributed by atoms with van der Waals surface area (Å²) in [5.41, 5.74) is 0.734. The zero-order valence-corrected chi connectivity index (χ0v) is 11.1. The van der Waals surface area contributed by atoms with Gasteiger partial charge in [0.05, 0.1) is 17.1 Å². The molecule has 1 saturated heterocycles. The maximum atomic E-state index is 12.1. The van der Waals surface area contributed by atoms with Crippen LogP contribution in [0.2, 0.25) is 0 Å². The van der Waals surface area contributed by atoms with Gasteiger partial charge in [-0.1, -0.05) is 0 Å². The van der Waals surface area contributed by atoms with Crippen LogP contribution in [0.25, 0.3) is 0 Å². The lowest BCUT2D eigenvalue weighted by molar-refractivity contribution is -0.151. The van der Waals surface area contributed by atoms with Gasteiger partial charge in [0.25, 0.3) is 0 Å². The van der Waals surface area contributed by atoms with Gasteiger partial charge in [-0.3, -0.25) is 4.79 Å². The van der Waals surface area contributed by atoms with Crippen LogP contribution in [0.5, 0.6) is 0 Å². The molecule has 1 amide bonds. The third kappa shape index (κ3) is 2.87. The number of aliphatic carboxylic acids is 1. The normalized spacial score (nSPS) is 19.8. The predicted molar refractivity (Wildman–Crippen MR) is 67.5 cm³/mol. The van der Waals surface area contributed by atoms with Crippen LogP contribution in [-0.4, -0.2) is 39.5 Å². The molecule has 98 valence electrons. The number of nitrogens with zero attached hydrogens (tertiary/aromatic N) is 2. The standard InChI is InChI=1S/C12H16N2O3S/c1-8-13-9(7-18-8)6-11(15)14-5-3-2-4-10(14)12(16)17/h7,10H,2-6H2,1H3,(H,16,17)/t10-/m1/s1. The quantitative estimate of drug-likeness (QED) is 0.901. The second-order valence-corrected chi connectivity index (χ2v) is 5.53.